The normalized spacial score (nSPS) is 16.1. The van der Waals surface area contributed by atoms with Crippen LogP contribution >= 0.6 is 11.8 Å². The number of nitrogens with zero attached hydrogens (tertiary/aromatic N) is 1. The standard InChI is InChI=1S/C13H17NS/c1-2-6-12(7-3-1)8-4-9-13-14-10-5-11-15-13/h1-3,6-7H,4-5,8-11H2. The van der Waals surface area contributed by atoms with Gasteiger partial charge in [-0.2, -0.15) is 0 Å². The largest absolute Gasteiger partial charge is 0.283 e. The lowest BCUT2D eigenvalue weighted by Crippen LogP contribution is -2.03. The van der Waals surface area contributed by atoms with Crippen LogP contribution < -0.4 is 0 Å². The fraction of sp³-hybridized carbons (Fsp3) is 0.462. The maximum atomic E-state index is 4.54. The third kappa shape index (κ3) is 3.71. The van der Waals surface area contributed by atoms with Crippen LogP contribution in [0.5, 0.6) is 0 Å². The van der Waals surface area contributed by atoms with Gasteiger partial charge >= 0.3 is 0 Å². The molecule has 0 fully saturated rings. The van der Waals surface area contributed by atoms with Gasteiger partial charge in [0.05, 0.1) is 5.04 Å². The Bertz CT molecular complexity index is 319. The number of benzene rings is 1. The zero-order valence-electron chi connectivity index (χ0n) is 8.98. The van der Waals surface area contributed by atoms with Gasteiger partial charge in [-0.05, 0) is 31.2 Å². The van der Waals surface area contributed by atoms with E-state index >= 15 is 0 Å². The van der Waals surface area contributed by atoms with Gasteiger partial charge in [0.1, 0.15) is 0 Å². The highest BCUT2D eigenvalue weighted by atomic mass is 32.2. The van der Waals surface area contributed by atoms with Gasteiger partial charge in [-0.15, -0.1) is 11.8 Å². The van der Waals surface area contributed by atoms with Crippen LogP contribution in [0.4, 0.5) is 0 Å². The molecule has 2 rings (SSSR count). The van der Waals surface area contributed by atoms with Gasteiger partial charge in [-0.3, -0.25) is 4.99 Å². The van der Waals surface area contributed by atoms with E-state index in [1.165, 1.54) is 42.0 Å². The van der Waals surface area contributed by atoms with E-state index in [-0.39, 0.29) is 0 Å². The molecule has 1 nitrogen and oxygen atoms in total. The summed E-state index contributed by atoms with van der Waals surface area (Å²) < 4.78 is 0. The van der Waals surface area contributed by atoms with Crippen molar-refractivity contribution >= 4 is 16.8 Å². The summed E-state index contributed by atoms with van der Waals surface area (Å²) in [5.74, 6) is 1.27. The summed E-state index contributed by atoms with van der Waals surface area (Å²) in [5, 5.41) is 1.37. The van der Waals surface area contributed by atoms with Crippen molar-refractivity contribution in [3.8, 4) is 0 Å². The van der Waals surface area contributed by atoms with Crippen molar-refractivity contribution in [2.75, 3.05) is 12.3 Å². The van der Waals surface area contributed by atoms with Crippen molar-refractivity contribution in [3.05, 3.63) is 35.9 Å². The third-order valence-electron chi connectivity index (χ3n) is 2.56. The minimum Gasteiger partial charge on any atom is -0.283 e. The molecular formula is C13H17NS. The van der Waals surface area contributed by atoms with E-state index in [2.05, 4.69) is 35.3 Å². The van der Waals surface area contributed by atoms with E-state index < -0.39 is 0 Å². The maximum Gasteiger partial charge on any atom is 0.0676 e. The average Bonchev–Trinajstić information content (AvgIpc) is 2.32. The summed E-state index contributed by atoms with van der Waals surface area (Å²) >= 11 is 1.95. The highest BCUT2D eigenvalue weighted by molar-refractivity contribution is 8.13. The van der Waals surface area contributed by atoms with Crippen LogP contribution in [0.3, 0.4) is 0 Å². The van der Waals surface area contributed by atoms with Gasteiger partial charge in [-0.1, -0.05) is 30.3 Å². The Kier molecular flexibility index (Phi) is 4.27. The topological polar surface area (TPSA) is 12.4 Å². The highest BCUT2D eigenvalue weighted by Crippen LogP contribution is 2.17. The van der Waals surface area contributed by atoms with Crippen molar-refractivity contribution < 1.29 is 0 Å². The van der Waals surface area contributed by atoms with Gasteiger partial charge in [0, 0.05) is 12.3 Å². The monoisotopic (exact) mass is 219 g/mol. The molecule has 0 aliphatic carbocycles. The molecular weight excluding hydrogens is 202 g/mol. The van der Waals surface area contributed by atoms with Gasteiger partial charge in [0.25, 0.3) is 0 Å². The molecule has 2 heteroatoms. The number of thioether (sulfide) groups is 1. The molecule has 0 saturated heterocycles. The summed E-state index contributed by atoms with van der Waals surface area (Å²) in [6.07, 6.45) is 4.84. The second kappa shape index (κ2) is 5.96. The molecule has 0 N–H and O–H groups in total. The van der Waals surface area contributed by atoms with Crippen LogP contribution in [0.2, 0.25) is 0 Å². The highest BCUT2D eigenvalue weighted by Gasteiger charge is 2.05. The first-order valence-electron chi connectivity index (χ1n) is 5.65. The molecule has 1 aromatic rings. The lowest BCUT2D eigenvalue weighted by molar-refractivity contribution is 0.856. The quantitative estimate of drug-likeness (QED) is 0.754. The number of hydrogen-bond acceptors (Lipinski definition) is 2. The Balaban J connectivity index is 1.73. The first kappa shape index (κ1) is 10.7. The molecule has 1 aliphatic rings. The SMILES string of the molecule is c1ccc(CCCC2=NCCCS2)cc1. The molecule has 0 aromatic heterocycles. The van der Waals surface area contributed by atoms with Gasteiger partial charge < -0.3 is 0 Å². The summed E-state index contributed by atoms with van der Waals surface area (Å²) in [5.41, 5.74) is 1.44. The lowest BCUT2D eigenvalue weighted by atomic mass is 10.1. The van der Waals surface area contributed by atoms with Crippen LogP contribution in [0.15, 0.2) is 35.3 Å². The van der Waals surface area contributed by atoms with Crippen molar-refractivity contribution in [1.29, 1.82) is 0 Å². The van der Waals surface area contributed by atoms with E-state index in [9.17, 15) is 0 Å². The molecule has 0 bridgehead atoms. The summed E-state index contributed by atoms with van der Waals surface area (Å²) in [6, 6.07) is 10.7. The zero-order valence-corrected chi connectivity index (χ0v) is 9.80. The van der Waals surface area contributed by atoms with Gasteiger partial charge in [0.15, 0.2) is 0 Å². The number of rotatable bonds is 4. The molecule has 0 saturated carbocycles. The van der Waals surface area contributed by atoms with Crippen molar-refractivity contribution in [3.63, 3.8) is 0 Å². The predicted octanol–water partition coefficient (Wildman–Crippen LogP) is 3.54. The molecule has 0 spiro atoms. The second-order valence-electron chi connectivity index (χ2n) is 3.82. The molecule has 1 aromatic carbocycles. The molecule has 0 radical (unpaired) electrons. The maximum absolute atomic E-state index is 4.54. The Morgan fingerprint density at radius 2 is 2.00 bits per heavy atom. The molecule has 0 atom stereocenters. The number of hydrogen-bond donors (Lipinski definition) is 0. The number of aryl methyl sites for hydroxylation is 1. The predicted molar refractivity (Wildman–Crippen MR) is 68.8 cm³/mol. The van der Waals surface area contributed by atoms with Crippen LogP contribution in [0.25, 0.3) is 0 Å². The van der Waals surface area contributed by atoms with Crippen molar-refractivity contribution in [1.82, 2.24) is 0 Å². The fourth-order valence-corrected chi connectivity index (χ4v) is 2.72. The summed E-state index contributed by atoms with van der Waals surface area (Å²) in [4.78, 5) is 4.54. The lowest BCUT2D eigenvalue weighted by Gasteiger charge is -2.10. The van der Waals surface area contributed by atoms with E-state index in [1.54, 1.807) is 0 Å². The Morgan fingerprint density at radius 3 is 2.73 bits per heavy atom. The molecule has 80 valence electrons. The zero-order chi connectivity index (χ0) is 10.3. The minimum atomic E-state index is 1.05. The average molecular weight is 219 g/mol. The Labute approximate surface area is 96.0 Å². The molecule has 0 amide bonds. The summed E-state index contributed by atoms with van der Waals surface area (Å²) in [7, 11) is 0. The van der Waals surface area contributed by atoms with E-state index in [0.717, 1.165) is 6.54 Å². The van der Waals surface area contributed by atoms with Crippen LogP contribution in [-0.4, -0.2) is 17.3 Å². The third-order valence-corrected chi connectivity index (χ3v) is 3.72. The van der Waals surface area contributed by atoms with Gasteiger partial charge in [-0.25, -0.2) is 0 Å². The van der Waals surface area contributed by atoms with Crippen LogP contribution in [-0.2, 0) is 6.42 Å². The van der Waals surface area contributed by atoms with Crippen LogP contribution in [0.1, 0.15) is 24.8 Å². The fourth-order valence-electron chi connectivity index (χ4n) is 1.74. The first-order valence-corrected chi connectivity index (χ1v) is 6.64. The molecule has 0 unspecified atom stereocenters. The Hall–Kier alpha value is -0.760. The first-order chi connectivity index (χ1) is 7.45. The molecule has 1 aliphatic heterocycles. The molecule has 15 heavy (non-hydrogen) atoms. The van der Waals surface area contributed by atoms with Crippen molar-refractivity contribution in [2.24, 2.45) is 4.99 Å². The van der Waals surface area contributed by atoms with E-state index in [4.69, 9.17) is 0 Å². The van der Waals surface area contributed by atoms with E-state index in [0.29, 0.717) is 0 Å². The second-order valence-corrected chi connectivity index (χ2v) is 4.98. The number of aliphatic imine (C=N–C) groups is 1. The Morgan fingerprint density at radius 1 is 1.13 bits per heavy atom. The molecule has 1 heterocycles. The van der Waals surface area contributed by atoms with E-state index in [1.807, 2.05) is 11.8 Å². The smallest absolute Gasteiger partial charge is 0.0676 e. The minimum absolute atomic E-state index is 1.05. The van der Waals surface area contributed by atoms with Crippen molar-refractivity contribution in [2.45, 2.75) is 25.7 Å². The van der Waals surface area contributed by atoms with Gasteiger partial charge in [0.2, 0.25) is 0 Å². The van der Waals surface area contributed by atoms with Crippen LogP contribution in [0, 0.1) is 0 Å². The summed E-state index contributed by atoms with van der Waals surface area (Å²) in [6.45, 7) is 1.05.